The molecule has 5 N–H and O–H groups in total. The molecule has 0 fully saturated rings. The fourth-order valence-electron chi connectivity index (χ4n) is 5.09. The van der Waals surface area contributed by atoms with Crippen molar-refractivity contribution < 1.29 is 43.7 Å². The number of primary amides is 1. The van der Waals surface area contributed by atoms with Crippen LogP contribution in [0, 0.1) is 5.92 Å². The van der Waals surface area contributed by atoms with Crippen LogP contribution in [0.3, 0.4) is 0 Å². The predicted molar refractivity (Wildman–Crippen MR) is 179 cm³/mol. The van der Waals surface area contributed by atoms with Gasteiger partial charge in [0.15, 0.2) is 5.60 Å². The third-order valence-electron chi connectivity index (χ3n) is 7.64. The summed E-state index contributed by atoms with van der Waals surface area (Å²) in [4.78, 5) is 63.9. The van der Waals surface area contributed by atoms with Crippen LogP contribution < -0.4 is 11.1 Å². The standard InChI is InChI=1S/C36H56N2O9/c1-6-7-8-11-14-17-27(39)18-15-12-9-10-13-16-19-29(36(45,25-31(37)41)34(44)47-35(2,3)4)32(42)38-30(33(43)46-5)24-26-20-22-28(40)23-21-26/h16,19-23,29-30,40,45H,6-15,17-18,24-25H2,1-5H3,(H2,37,41)(H,38,42)/b19-16+/t29-,30+,36+/m1/s1. The van der Waals surface area contributed by atoms with Crippen LogP contribution >= 0.6 is 0 Å². The number of amides is 2. The number of aliphatic hydroxyl groups is 1. The Kier molecular flexibility index (Phi) is 18.6. The fourth-order valence-corrected chi connectivity index (χ4v) is 5.09. The fraction of sp³-hybridized carbons (Fsp3) is 0.639. The highest BCUT2D eigenvalue weighted by atomic mass is 16.6. The van der Waals surface area contributed by atoms with Gasteiger partial charge < -0.3 is 30.7 Å². The average molecular weight is 661 g/mol. The number of hydrogen-bond acceptors (Lipinski definition) is 9. The van der Waals surface area contributed by atoms with Crippen LogP contribution in [0.15, 0.2) is 36.4 Å². The van der Waals surface area contributed by atoms with E-state index in [0.29, 0.717) is 30.6 Å². The molecule has 0 aliphatic carbocycles. The van der Waals surface area contributed by atoms with Crippen molar-refractivity contribution in [3.05, 3.63) is 42.0 Å². The molecule has 0 aliphatic rings. The summed E-state index contributed by atoms with van der Waals surface area (Å²) < 4.78 is 10.3. The van der Waals surface area contributed by atoms with Crippen molar-refractivity contribution in [2.24, 2.45) is 11.7 Å². The van der Waals surface area contributed by atoms with Gasteiger partial charge in [-0.25, -0.2) is 9.59 Å². The van der Waals surface area contributed by atoms with Crippen molar-refractivity contribution in [3.8, 4) is 5.75 Å². The molecule has 0 bridgehead atoms. The number of hydrogen-bond donors (Lipinski definition) is 4. The largest absolute Gasteiger partial charge is 0.508 e. The van der Waals surface area contributed by atoms with Crippen molar-refractivity contribution in [2.45, 2.75) is 135 Å². The summed E-state index contributed by atoms with van der Waals surface area (Å²) >= 11 is 0. The number of unbranched alkanes of at least 4 members (excludes halogenated alkanes) is 8. The number of rotatable bonds is 23. The van der Waals surface area contributed by atoms with Gasteiger partial charge in [-0.15, -0.1) is 0 Å². The Morgan fingerprint density at radius 1 is 0.915 bits per heavy atom. The molecule has 0 heterocycles. The van der Waals surface area contributed by atoms with E-state index in [0.717, 1.165) is 45.6 Å². The Morgan fingerprint density at radius 3 is 2.02 bits per heavy atom. The second-order valence-electron chi connectivity index (χ2n) is 13.1. The maximum Gasteiger partial charge on any atom is 0.340 e. The first-order valence-electron chi connectivity index (χ1n) is 16.7. The van der Waals surface area contributed by atoms with Crippen LogP contribution in [-0.2, 0) is 39.9 Å². The van der Waals surface area contributed by atoms with Gasteiger partial charge in [-0.1, -0.05) is 69.7 Å². The molecule has 0 spiro atoms. The highest BCUT2D eigenvalue weighted by Crippen LogP contribution is 2.29. The van der Waals surface area contributed by atoms with Crippen molar-refractivity contribution >= 4 is 29.5 Å². The minimum atomic E-state index is -2.67. The number of Topliss-reactive ketones (excluding diaryl/α,β-unsaturated/α-hetero) is 1. The summed E-state index contributed by atoms with van der Waals surface area (Å²) in [5.41, 5.74) is 2.28. The molecule has 11 nitrogen and oxygen atoms in total. The van der Waals surface area contributed by atoms with E-state index in [2.05, 4.69) is 12.2 Å². The molecule has 0 radical (unpaired) electrons. The zero-order chi connectivity index (χ0) is 35.5. The van der Waals surface area contributed by atoms with Gasteiger partial charge in [-0.2, -0.15) is 0 Å². The highest BCUT2D eigenvalue weighted by Gasteiger charge is 2.50. The van der Waals surface area contributed by atoms with E-state index in [1.807, 2.05) is 0 Å². The van der Waals surface area contributed by atoms with E-state index in [1.165, 1.54) is 37.5 Å². The lowest BCUT2D eigenvalue weighted by Gasteiger charge is -2.34. The third-order valence-corrected chi connectivity index (χ3v) is 7.64. The maximum atomic E-state index is 13.8. The molecule has 0 saturated heterocycles. The second kappa shape index (κ2) is 21.2. The third kappa shape index (κ3) is 16.6. The first-order chi connectivity index (χ1) is 22.1. The SMILES string of the molecule is CCCCCCCC(=O)CCCCCC/C=C/[C@H](C(=O)N[C@@H](Cc1ccc(O)cc1)C(=O)OC)[C@@](O)(CC(N)=O)C(=O)OC(C)(C)C. The molecular formula is C36H56N2O9. The molecule has 3 atom stereocenters. The van der Waals surface area contributed by atoms with Gasteiger partial charge in [0.2, 0.25) is 11.8 Å². The first-order valence-corrected chi connectivity index (χ1v) is 16.7. The summed E-state index contributed by atoms with van der Waals surface area (Å²) in [5, 5.41) is 23.8. The quantitative estimate of drug-likeness (QED) is 0.0714. The summed E-state index contributed by atoms with van der Waals surface area (Å²) in [7, 11) is 1.16. The van der Waals surface area contributed by atoms with Crippen molar-refractivity contribution in [1.82, 2.24) is 5.32 Å². The Labute approximate surface area is 279 Å². The number of phenolic OH excluding ortho intramolecular Hbond substituents is 1. The van der Waals surface area contributed by atoms with E-state index in [4.69, 9.17) is 15.2 Å². The van der Waals surface area contributed by atoms with Crippen LogP contribution in [-0.4, -0.2) is 64.1 Å². The number of phenols is 1. The number of carbonyl (C=O) groups excluding carboxylic acids is 5. The molecule has 0 unspecified atom stereocenters. The van der Waals surface area contributed by atoms with Crippen LogP contribution in [0.25, 0.3) is 0 Å². The van der Waals surface area contributed by atoms with Gasteiger partial charge in [0, 0.05) is 19.3 Å². The van der Waals surface area contributed by atoms with E-state index in [9.17, 15) is 34.2 Å². The molecule has 0 aromatic heterocycles. The summed E-state index contributed by atoms with van der Waals surface area (Å²) in [5.74, 6) is -5.27. The molecule has 1 aromatic carbocycles. The van der Waals surface area contributed by atoms with Gasteiger partial charge in [0.1, 0.15) is 23.2 Å². The lowest BCUT2D eigenvalue weighted by molar-refractivity contribution is -0.185. The van der Waals surface area contributed by atoms with Crippen molar-refractivity contribution in [2.75, 3.05) is 7.11 Å². The van der Waals surface area contributed by atoms with Crippen LogP contribution in [0.2, 0.25) is 0 Å². The van der Waals surface area contributed by atoms with Gasteiger partial charge in [0.05, 0.1) is 19.4 Å². The summed E-state index contributed by atoms with van der Waals surface area (Å²) in [6.07, 6.45) is 12.5. The highest BCUT2D eigenvalue weighted by molar-refractivity contribution is 5.96. The number of nitrogens with two attached hydrogens (primary N) is 1. The molecule has 1 rings (SSSR count). The molecule has 0 aliphatic heterocycles. The van der Waals surface area contributed by atoms with Gasteiger partial charge in [-0.05, 0) is 64.2 Å². The Morgan fingerprint density at radius 2 is 1.49 bits per heavy atom. The molecule has 11 heteroatoms. The van der Waals surface area contributed by atoms with E-state index >= 15 is 0 Å². The van der Waals surface area contributed by atoms with E-state index in [1.54, 1.807) is 39.0 Å². The minimum absolute atomic E-state index is 0.0167. The second-order valence-corrected chi connectivity index (χ2v) is 13.1. The Balaban J connectivity index is 3.04. The number of ketones is 1. The molecule has 1 aromatic rings. The van der Waals surface area contributed by atoms with Crippen molar-refractivity contribution in [3.63, 3.8) is 0 Å². The number of carbonyl (C=O) groups is 5. The number of methoxy groups -OCH3 is 1. The normalized spacial score (nSPS) is 14.2. The number of allylic oxidation sites excluding steroid dienone is 1. The zero-order valence-electron chi connectivity index (χ0n) is 28.8. The number of nitrogens with one attached hydrogen (secondary N) is 1. The molecule has 47 heavy (non-hydrogen) atoms. The summed E-state index contributed by atoms with van der Waals surface area (Å²) in [6.45, 7) is 6.89. The topological polar surface area (TPSA) is 182 Å². The van der Waals surface area contributed by atoms with Crippen LogP contribution in [0.5, 0.6) is 5.75 Å². The molecular weight excluding hydrogens is 604 g/mol. The number of esters is 2. The average Bonchev–Trinajstić information content (AvgIpc) is 2.99. The Bertz CT molecular complexity index is 1170. The lowest BCUT2D eigenvalue weighted by atomic mass is 9.82. The number of benzene rings is 1. The van der Waals surface area contributed by atoms with Gasteiger partial charge in [0.25, 0.3) is 0 Å². The van der Waals surface area contributed by atoms with Crippen LogP contribution in [0.4, 0.5) is 0 Å². The number of aromatic hydroxyl groups is 1. The monoisotopic (exact) mass is 660 g/mol. The minimum Gasteiger partial charge on any atom is -0.508 e. The molecule has 2 amide bonds. The van der Waals surface area contributed by atoms with E-state index in [-0.39, 0.29) is 12.2 Å². The Hall–Kier alpha value is -3.73. The van der Waals surface area contributed by atoms with Gasteiger partial charge in [-0.3, -0.25) is 14.4 Å². The smallest absolute Gasteiger partial charge is 0.340 e. The molecule has 0 saturated carbocycles. The summed E-state index contributed by atoms with van der Waals surface area (Å²) in [6, 6.07) is 4.79. The van der Waals surface area contributed by atoms with E-state index < -0.39 is 53.3 Å². The predicted octanol–water partition coefficient (Wildman–Crippen LogP) is 4.98. The lowest BCUT2D eigenvalue weighted by Crippen LogP contribution is -2.57. The zero-order valence-corrected chi connectivity index (χ0v) is 28.8. The molecule has 264 valence electrons. The van der Waals surface area contributed by atoms with Crippen LogP contribution in [0.1, 0.15) is 117 Å². The van der Waals surface area contributed by atoms with Crippen molar-refractivity contribution in [1.29, 1.82) is 0 Å². The first kappa shape index (κ1) is 41.3. The van der Waals surface area contributed by atoms with Gasteiger partial charge >= 0.3 is 11.9 Å². The maximum absolute atomic E-state index is 13.8. The number of ether oxygens (including phenoxy) is 2.